The number of hydrogen-bond acceptors (Lipinski definition) is 7. The lowest BCUT2D eigenvalue weighted by atomic mass is 10.2. The van der Waals surface area contributed by atoms with Crippen LogP contribution in [-0.2, 0) is 11.2 Å². The van der Waals surface area contributed by atoms with Gasteiger partial charge in [0.05, 0.1) is 29.1 Å². The molecule has 0 radical (unpaired) electrons. The number of nitrogens with one attached hydrogen (secondary N) is 1. The van der Waals surface area contributed by atoms with Crippen LogP contribution in [0.1, 0.15) is 18.3 Å². The number of ether oxygens (including phenoxy) is 1. The number of anilines is 1. The standard InChI is InChI=1S/C19H20N4O3S/c1-4-16-22-19(26-23-16)13-6-8-18(20-10-13)27-11-17(24)21-14-9-12(2)5-7-15(14)25-3/h5-10H,4,11H2,1-3H3,(H,21,24). The van der Waals surface area contributed by atoms with Crippen LogP contribution in [0.15, 0.2) is 46.1 Å². The fourth-order valence-electron chi connectivity index (χ4n) is 2.35. The number of aromatic nitrogens is 3. The highest BCUT2D eigenvalue weighted by Crippen LogP contribution is 2.26. The van der Waals surface area contributed by atoms with Gasteiger partial charge in [-0.05, 0) is 36.8 Å². The molecule has 0 aliphatic heterocycles. The molecule has 3 rings (SSSR count). The van der Waals surface area contributed by atoms with Crippen LogP contribution in [0.3, 0.4) is 0 Å². The summed E-state index contributed by atoms with van der Waals surface area (Å²) in [5, 5.41) is 7.48. The van der Waals surface area contributed by atoms with Crippen molar-refractivity contribution in [1.29, 1.82) is 0 Å². The van der Waals surface area contributed by atoms with Crippen LogP contribution in [0, 0.1) is 6.92 Å². The van der Waals surface area contributed by atoms with Gasteiger partial charge in [0.25, 0.3) is 5.89 Å². The number of nitrogens with zero attached hydrogens (tertiary/aromatic N) is 3. The number of rotatable bonds is 7. The van der Waals surface area contributed by atoms with Crippen molar-refractivity contribution < 1.29 is 14.1 Å². The number of methoxy groups -OCH3 is 1. The Bertz CT molecular complexity index is 925. The van der Waals surface area contributed by atoms with Gasteiger partial charge in [0, 0.05) is 12.6 Å². The number of benzene rings is 1. The Labute approximate surface area is 161 Å². The summed E-state index contributed by atoms with van der Waals surface area (Å²) in [6, 6.07) is 9.32. The molecule has 0 saturated carbocycles. The summed E-state index contributed by atoms with van der Waals surface area (Å²) in [6.07, 6.45) is 2.38. The van der Waals surface area contributed by atoms with Crippen molar-refractivity contribution in [3.8, 4) is 17.2 Å². The van der Waals surface area contributed by atoms with E-state index in [1.165, 1.54) is 11.8 Å². The first kappa shape index (κ1) is 18.9. The van der Waals surface area contributed by atoms with Crippen LogP contribution in [0.4, 0.5) is 5.69 Å². The number of amides is 1. The number of carbonyl (C=O) groups excluding carboxylic acids is 1. The predicted molar refractivity (Wildman–Crippen MR) is 104 cm³/mol. The SMILES string of the molecule is CCc1noc(-c2ccc(SCC(=O)Nc3cc(C)ccc3OC)nc2)n1. The number of pyridine rings is 1. The zero-order valence-electron chi connectivity index (χ0n) is 15.4. The zero-order chi connectivity index (χ0) is 19.2. The highest BCUT2D eigenvalue weighted by Gasteiger charge is 2.11. The molecule has 0 unspecified atom stereocenters. The number of thioether (sulfide) groups is 1. The molecule has 0 saturated heterocycles. The van der Waals surface area contributed by atoms with Gasteiger partial charge in [-0.25, -0.2) is 4.98 Å². The van der Waals surface area contributed by atoms with Gasteiger partial charge in [0.1, 0.15) is 5.75 Å². The molecule has 2 heterocycles. The maximum absolute atomic E-state index is 12.2. The molecule has 0 aliphatic carbocycles. The van der Waals surface area contributed by atoms with Crippen molar-refractivity contribution in [2.75, 3.05) is 18.2 Å². The topological polar surface area (TPSA) is 90.1 Å². The van der Waals surface area contributed by atoms with Crippen LogP contribution < -0.4 is 10.1 Å². The molecule has 0 aliphatic rings. The predicted octanol–water partition coefficient (Wildman–Crippen LogP) is 3.74. The summed E-state index contributed by atoms with van der Waals surface area (Å²) in [6.45, 7) is 3.92. The van der Waals surface area contributed by atoms with E-state index in [1.807, 2.05) is 44.2 Å². The Hall–Kier alpha value is -2.87. The summed E-state index contributed by atoms with van der Waals surface area (Å²) < 4.78 is 10.5. The minimum Gasteiger partial charge on any atom is -0.495 e. The summed E-state index contributed by atoms with van der Waals surface area (Å²) in [7, 11) is 1.58. The molecule has 1 N–H and O–H groups in total. The molecular formula is C19H20N4O3S. The third-order valence-corrected chi connectivity index (χ3v) is 4.69. The Balaban J connectivity index is 1.58. The third-order valence-electron chi connectivity index (χ3n) is 3.75. The maximum Gasteiger partial charge on any atom is 0.259 e. The first-order chi connectivity index (χ1) is 13.1. The van der Waals surface area contributed by atoms with E-state index in [0.717, 1.165) is 16.2 Å². The smallest absolute Gasteiger partial charge is 0.259 e. The highest BCUT2D eigenvalue weighted by atomic mass is 32.2. The average Bonchev–Trinajstić information content (AvgIpc) is 3.16. The summed E-state index contributed by atoms with van der Waals surface area (Å²) in [5.74, 6) is 1.85. The third kappa shape index (κ3) is 4.85. The lowest BCUT2D eigenvalue weighted by Crippen LogP contribution is -2.14. The monoisotopic (exact) mass is 384 g/mol. The van der Waals surface area contributed by atoms with Crippen molar-refractivity contribution in [3.63, 3.8) is 0 Å². The fourth-order valence-corrected chi connectivity index (χ4v) is 2.99. The second-order valence-corrected chi connectivity index (χ2v) is 6.79. The van der Waals surface area contributed by atoms with Crippen LogP contribution in [-0.4, -0.2) is 33.9 Å². The van der Waals surface area contributed by atoms with Gasteiger partial charge in [-0.2, -0.15) is 4.98 Å². The lowest BCUT2D eigenvalue weighted by Gasteiger charge is -2.10. The molecule has 0 bridgehead atoms. The minimum absolute atomic E-state index is 0.126. The van der Waals surface area contributed by atoms with Crippen LogP contribution in [0.25, 0.3) is 11.5 Å². The van der Waals surface area contributed by atoms with E-state index in [0.29, 0.717) is 29.6 Å². The first-order valence-electron chi connectivity index (χ1n) is 8.45. The molecule has 3 aromatic rings. The van der Waals surface area contributed by atoms with E-state index in [2.05, 4.69) is 20.4 Å². The maximum atomic E-state index is 12.2. The average molecular weight is 384 g/mol. The van der Waals surface area contributed by atoms with Crippen LogP contribution in [0.2, 0.25) is 0 Å². The van der Waals surface area contributed by atoms with Gasteiger partial charge >= 0.3 is 0 Å². The van der Waals surface area contributed by atoms with E-state index >= 15 is 0 Å². The van der Waals surface area contributed by atoms with Gasteiger partial charge in [0.15, 0.2) is 5.82 Å². The van der Waals surface area contributed by atoms with Crippen molar-refractivity contribution in [3.05, 3.63) is 47.9 Å². The number of carbonyl (C=O) groups is 1. The Kier molecular flexibility index (Phi) is 6.08. The van der Waals surface area contributed by atoms with Crippen molar-refractivity contribution in [1.82, 2.24) is 15.1 Å². The molecule has 1 aromatic carbocycles. The molecule has 2 aromatic heterocycles. The Morgan fingerprint density at radius 1 is 1.30 bits per heavy atom. The molecule has 140 valence electrons. The van der Waals surface area contributed by atoms with E-state index in [1.54, 1.807) is 13.3 Å². The lowest BCUT2D eigenvalue weighted by molar-refractivity contribution is -0.113. The summed E-state index contributed by atoms with van der Waals surface area (Å²) >= 11 is 1.35. The quantitative estimate of drug-likeness (QED) is 0.621. The largest absolute Gasteiger partial charge is 0.495 e. The van der Waals surface area contributed by atoms with Gasteiger partial charge in [0.2, 0.25) is 5.91 Å². The fraction of sp³-hybridized carbons (Fsp3) is 0.263. The number of aryl methyl sites for hydroxylation is 2. The highest BCUT2D eigenvalue weighted by molar-refractivity contribution is 7.99. The molecule has 0 spiro atoms. The van der Waals surface area contributed by atoms with Gasteiger partial charge in [-0.3, -0.25) is 4.79 Å². The number of hydrogen-bond donors (Lipinski definition) is 1. The Morgan fingerprint density at radius 2 is 2.15 bits per heavy atom. The van der Waals surface area contributed by atoms with Gasteiger partial charge in [-0.15, -0.1) is 0 Å². The summed E-state index contributed by atoms with van der Waals surface area (Å²) in [4.78, 5) is 20.9. The van der Waals surface area contributed by atoms with Crippen LogP contribution >= 0.6 is 11.8 Å². The molecule has 27 heavy (non-hydrogen) atoms. The summed E-state index contributed by atoms with van der Waals surface area (Å²) in [5.41, 5.74) is 2.46. The van der Waals surface area contributed by atoms with Crippen molar-refractivity contribution >= 4 is 23.4 Å². The van der Waals surface area contributed by atoms with Crippen LogP contribution in [0.5, 0.6) is 5.75 Å². The zero-order valence-corrected chi connectivity index (χ0v) is 16.2. The van der Waals surface area contributed by atoms with Gasteiger partial charge < -0.3 is 14.6 Å². The molecule has 0 atom stereocenters. The Morgan fingerprint density at radius 3 is 2.81 bits per heavy atom. The van der Waals surface area contributed by atoms with Gasteiger partial charge in [-0.1, -0.05) is 29.9 Å². The molecular weight excluding hydrogens is 364 g/mol. The van der Waals surface area contributed by atoms with E-state index in [-0.39, 0.29) is 11.7 Å². The molecule has 8 heteroatoms. The second kappa shape index (κ2) is 8.68. The minimum atomic E-state index is -0.126. The van der Waals surface area contributed by atoms with E-state index in [4.69, 9.17) is 9.26 Å². The van der Waals surface area contributed by atoms with Crippen molar-refractivity contribution in [2.24, 2.45) is 0 Å². The van der Waals surface area contributed by atoms with Crippen molar-refractivity contribution in [2.45, 2.75) is 25.3 Å². The molecule has 7 nitrogen and oxygen atoms in total. The first-order valence-corrected chi connectivity index (χ1v) is 9.44. The molecule has 1 amide bonds. The molecule has 0 fully saturated rings. The van der Waals surface area contributed by atoms with E-state index in [9.17, 15) is 4.79 Å². The second-order valence-electron chi connectivity index (χ2n) is 5.80. The normalized spacial score (nSPS) is 10.6. The van der Waals surface area contributed by atoms with E-state index < -0.39 is 0 Å².